The average molecular weight is 446 g/mol. The molecule has 0 saturated heterocycles. The summed E-state index contributed by atoms with van der Waals surface area (Å²) in [6.07, 6.45) is 1.33. The van der Waals surface area contributed by atoms with Crippen molar-refractivity contribution in [3.8, 4) is 11.1 Å². The third-order valence-corrected chi connectivity index (χ3v) is 6.25. The van der Waals surface area contributed by atoms with Gasteiger partial charge < -0.3 is 15.2 Å². The largest absolute Gasteiger partial charge is 0.480 e. The summed E-state index contributed by atoms with van der Waals surface area (Å²) in [5.74, 6) is -1.79. The van der Waals surface area contributed by atoms with E-state index in [0.29, 0.717) is 12.8 Å². The molecule has 0 radical (unpaired) electrons. The van der Waals surface area contributed by atoms with E-state index in [2.05, 4.69) is 27.9 Å². The number of fused-ring (bicyclic) bond motifs is 3. The van der Waals surface area contributed by atoms with Gasteiger partial charge in [-0.25, -0.2) is 9.59 Å². The molecule has 0 aliphatic heterocycles. The zero-order valence-electron chi connectivity index (χ0n) is 17.9. The van der Waals surface area contributed by atoms with Crippen LogP contribution in [0.2, 0.25) is 0 Å². The SMILES string of the molecule is Cn1ncc(NC(=O)OCC2c3ccccc3-c3ccccc32)c1C(=O)NC1(C(=O)O)CC1. The van der Waals surface area contributed by atoms with Gasteiger partial charge in [0.15, 0.2) is 0 Å². The number of amides is 2. The first kappa shape index (κ1) is 20.7. The number of nitrogens with one attached hydrogen (secondary N) is 2. The lowest BCUT2D eigenvalue weighted by atomic mass is 9.98. The highest BCUT2D eigenvalue weighted by Gasteiger charge is 2.52. The molecule has 1 saturated carbocycles. The van der Waals surface area contributed by atoms with Gasteiger partial charge in [0.05, 0.1) is 11.9 Å². The van der Waals surface area contributed by atoms with Crippen LogP contribution in [0.4, 0.5) is 10.5 Å². The van der Waals surface area contributed by atoms with Gasteiger partial charge in [-0.1, -0.05) is 48.5 Å². The summed E-state index contributed by atoms with van der Waals surface area (Å²) in [5.41, 5.74) is 3.39. The highest BCUT2D eigenvalue weighted by Crippen LogP contribution is 2.44. The van der Waals surface area contributed by atoms with Crippen LogP contribution < -0.4 is 10.6 Å². The number of benzene rings is 2. The summed E-state index contributed by atoms with van der Waals surface area (Å²) in [4.78, 5) is 36.7. The molecule has 1 aromatic heterocycles. The van der Waals surface area contributed by atoms with E-state index in [0.717, 1.165) is 22.3 Å². The van der Waals surface area contributed by atoms with E-state index in [1.807, 2.05) is 36.4 Å². The summed E-state index contributed by atoms with van der Waals surface area (Å²) in [6, 6.07) is 16.1. The summed E-state index contributed by atoms with van der Waals surface area (Å²) in [5, 5.41) is 18.4. The summed E-state index contributed by atoms with van der Waals surface area (Å²) >= 11 is 0. The van der Waals surface area contributed by atoms with Crippen molar-refractivity contribution in [1.29, 1.82) is 0 Å². The second-order valence-electron chi connectivity index (χ2n) is 8.32. The number of nitrogens with zero attached hydrogens (tertiary/aromatic N) is 2. The number of carbonyl (C=O) groups excluding carboxylic acids is 2. The molecule has 2 aliphatic carbocycles. The van der Waals surface area contributed by atoms with E-state index in [-0.39, 0.29) is 23.9 Å². The molecule has 9 nitrogen and oxygen atoms in total. The van der Waals surface area contributed by atoms with Crippen LogP contribution in [0.1, 0.15) is 40.4 Å². The molecule has 5 rings (SSSR count). The molecule has 2 aromatic carbocycles. The molecule has 0 bridgehead atoms. The maximum absolute atomic E-state index is 12.7. The number of hydrogen-bond acceptors (Lipinski definition) is 5. The molecular weight excluding hydrogens is 424 g/mol. The van der Waals surface area contributed by atoms with E-state index < -0.39 is 23.5 Å². The van der Waals surface area contributed by atoms with Crippen LogP contribution in [0.15, 0.2) is 54.7 Å². The number of carboxylic acid groups (broad SMARTS) is 1. The predicted molar refractivity (Wildman–Crippen MR) is 119 cm³/mol. The second kappa shape index (κ2) is 7.77. The Hall–Kier alpha value is -4.14. The zero-order chi connectivity index (χ0) is 23.2. The van der Waals surface area contributed by atoms with Gasteiger partial charge >= 0.3 is 12.1 Å². The van der Waals surface area contributed by atoms with Crippen LogP contribution in [-0.2, 0) is 16.6 Å². The number of ether oxygens (including phenoxy) is 1. The van der Waals surface area contributed by atoms with Gasteiger partial charge in [0.25, 0.3) is 5.91 Å². The lowest BCUT2D eigenvalue weighted by Gasteiger charge is -2.15. The minimum absolute atomic E-state index is 0.0519. The number of carbonyl (C=O) groups is 3. The Balaban J connectivity index is 1.28. The smallest absolute Gasteiger partial charge is 0.411 e. The lowest BCUT2D eigenvalue weighted by molar-refractivity contribution is -0.140. The van der Waals surface area contributed by atoms with Crippen molar-refractivity contribution in [2.45, 2.75) is 24.3 Å². The lowest BCUT2D eigenvalue weighted by Crippen LogP contribution is -2.43. The first-order valence-electron chi connectivity index (χ1n) is 10.6. The van der Waals surface area contributed by atoms with Gasteiger partial charge in [-0.2, -0.15) is 5.10 Å². The van der Waals surface area contributed by atoms with Crippen molar-refractivity contribution < 1.29 is 24.2 Å². The molecule has 0 spiro atoms. The minimum atomic E-state index is -1.25. The fraction of sp³-hybridized carbons (Fsp3) is 0.250. The van der Waals surface area contributed by atoms with E-state index in [1.54, 1.807) is 0 Å². The Morgan fingerprint density at radius 1 is 1.09 bits per heavy atom. The maximum atomic E-state index is 12.7. The van der Waals surface area contributed by atoms with Crippen LogP contribution in [0.3, 0.4) is 0 Å². The molecule has 1 fully saturated rings. The van der Waals surface area contributed by atoms with Crippen LogP contribution in [0, 0.1) is 0 Å². The fourth-order valence-electron chi connectivity index (χ4n) is 4.34. The summed E-state index contributed by atoms with van der Waals surface area (Å²) < 4.78 is 6.81. The number of aromatic nitrogens is 2. The highest BCUT2D eigenvalue weighted by molar-refractivity contribution is 6.03. The fourth-order valence-corrected chi connectivity index (χ4v) is 4.34. The second-order valence-corrected chi connectivity index (χ2v) is 8.32. The van der Waals surface area contributed by atoms with Crippen LogP contribution in [0.5, 0.6) is 0 Å². The molecular formula is C24H22N4O5. The number of hydrogen-bond donors (Lipinski definition) is 3. The molecule has 2 amide bonds. The number of aryl methyl sites for hydroxylation is 1. The topological polar surface area (TPSA) is 123 Å². The Morgan fingerprint density at radius 2 is 1.70 bits per heavy atom. The van der Waals surface area contributed by atoms with E-state index in [4.69, 9.17) is 4.74 Å². The minimum Gasteiger partial charge on any atom is -0.480 e. The van der Waals surface area contributed by atoms with Crippen molar-refractivity contribution >= 4 is 23.7 Å². The monoisotopic (exact) mass is 446 g/mol. The molecule has 2 aliphatic rings. The molecule has 33 heavy (non-hydrogen) atoms. The quantitative estimate of drug-likeness (QED) is 0.535. The normalized spacial score (nSPS) is 15.3. The molecule has 0 atom stereocenters. The van der Waals surface area contributed by atoms with Gasteiger partial charge in [0.1, 0.15) is 17.8 Å². The van der Waals surface area contributed by atoms with Gasteiger partial charge in [0, 0.05) is 13.0 Å². The maximum Gasteiger partial charge on any atom is 0.411 e. The summed E-state index contributed by atoms with van der Waals surface area (Å²) in [6.45, 7) is 0.129. The van der Waals surface area contributed by atoms with Crippen molar-refractivity contribution in [3.05, 3.63) is 71.5 Å². The molecule has 3 N–H and O–H groups in total. The van der Waals surface area contributed by atoms with Gasteiger partial charge in [-0.15, -0.1) is 0 Å². The van der Waals surface area contributed by atoms with Crippen LogP contribution >= 0.6 is 0 Å². The Kier molecular flexibility index (Phi) is 4.88. The number of rotatable bonds is 6. The number of carboxylic acids is 1. The molecule has 0 unspecified atom stereocenters. The van der Waals surface area contributed by atoms with E-state index in [9.17, 15) is 19.5 Å². The standard InChI is InChI=1S/C24H22N4O5/c1-28-20(21(29)27-24(10-11-24)22(30)31)19(12-25-28)26-23(32)33-13-18-16-8-4-2-6-14(16)15-7-3-5-9-17(15)18/h2-9,12,18H,10-11,13H2,1H3,(H,26,32)(H,27,29)(H,30,31). The molecule has 1 heterocycles. The third-order valence-electron chi connectivity index (χ3n) is 6.25. The number of aliphatic carboxylic acids is 1. The third kappa shape index (κ3) is 3.61. The highest BCUT2D eigenvalue weighted by atomic mass is 16.5. The number of anilines is 1. The molecule has 9 heteroatoms. The van der Waals surface area contributed by atoms with Crippen molar-refractivity contribution in [3.63, 3.8) is 0 Å². The first-order valence-corrected chi connectivity index (χ1v) is 10.6. The summed E-state index contributed by atoms with van der Waals surface area (Å²) in [7, 11) is 1.54. The van der Waals surface area contributed by atoms with Crippen LogP contribution in [0.25, 0.3) is 11.1 Å². The van der Waals surface area contributed by atoms with E-state index >= 15 is 0 Å². The molecule has 3 aromatic rings. The average Bonchev–Trinajstić information content (AvgIpc) is 3.40. The van der Waals surface area contributed by atoms with Crippen molar-refractivity contribution in [1.82, 2.24) is 15.1 Å². The Morgan fingerprint density at radius 3 is 2.27 bits per heavy atom. The Bertz CT molecular complexity index is 1230. The first-order chi connectivity index (χ1) is 15.9. The zero-order valence-corrected chi connectivity index (χ0v) is 17.9. The van der Waals surface area contributed by atoms with Crippen molar-refractivity contribution in [2.24, 2.45) is 7.05 Å². The van der Waals surface area contributed by atoms with Gasteiger partial charge in [0.2, 0.25) is 0 Å². The van der Waals surface area contributed by atoms with Gasteiger partial charge in [-0.05, 0) is 35.1 Å². The predicted octanol–water partition coefficient (Wildman–Crippen LogP) is 3.13. The van der Waals surface area contributed by atoms with Gasteiger partial charge in [-0.3, -0.25) is 14.8 Å². The molecule has 168 valence electrons. The van der Waals surface area contributed by atoms with Crippen molar-refractivity contribution in [2.75, 3.05) is 11.9 Å². The van der Waals surface area contributed by atoms with Crippen LogP contribution in [-0.4, -0.2) is 45.0 Å². The Labute approximate surface area is 189 Å². The van der Waals surface area contributed by atoms with E-state index in [1.165, 1.54) is 17.9 Å².